The lowest BCUT2D eigenvalue weighted by atomic mass is 10.1. The van der Waals surface area contributed by atoms with Crippen LogP contribution in [0.5, 0.6) is 0 Å². The van der Waals surface area contributed by atoms with Gasteiger partial charge in [-0.2, -0.15) is 0 Å². The average Bonchev–Trinajstić information content (AvgIpc) is 2.83. The third kappa shape index (κ3) is 7.38. The van der Waals surface area contributed by atoms with Crippen molar-refractivity contribution in [3.63, 3.8) is 0 Å². The number of carbonyl (C=O) groups is 2. The van der Waals surface area contributed by atoms with Crippen molar-refractivity contribution in [1.82, 2.24) is 5.32 Å². The Balaban J connectivity index is 1.66. The van der Waals surface area contributed by atoms with Crippen molar-refractivity contribution in [3.8, 4) is 0 Å². The molecule has 2 aromatic rings. The summed E-state index contributed by atoms with van der Waals surface area (Å²) in [6, 6.07) is 15.6. The molecule has 0 saturated carbocycles. The normalized spacial score (nSPS) is 13.6. The van der Waals surface area contributed by atoms with Crippen molar-refractivity contribution in [1.29, 1.82) is 0 Å². The Hall–Kier alpha value is -2.86. The number of nitrogens with one attached hydrogen (secondary N) is 2. The lowest BCUT2D eigenvalue weighted by Crippen LogP contribution is -2.33. The number of nitrogens with zero attached hydrogens (tertiary/aromatic N) is 1. The first kappa shape index (κ1) is 23.8. The second kappa shape index (κ2) is 12.9. The number of benzene rings is 2. The predicted octanol–water partition coefficient (Wildman–Crippen LogP) is 4.40. The van der Waals surface area contributed by atoms with Crippen LogP contribution in [0.25, 0.3) is 0 Å². The maximum absolute atomic E-state index is 13.0. The Morgan fingerprint density at radius 3 is 2.56 bits per heavy atom. The Morgan fingerprint density at radius 1 is 1.03 bits per heavy atom. The van der Waals surface area contributed by atoms with Gasteiger partial charge in [0.15, 0.2) is 0 Å². The number of carbonyl (C=O) groups excluding carboxylic acids is 2. The summed E-state index contributed by atoms with van der Waals surface area (Å²) in [5, 5.41) is 5.97. The molecule has 3 rings (SSSR count). The molecular formula is C26H35N3O3. The molecule has 0 aromatic heterocycles. The molecule has 6 heteroatoms. The fourth-order valence-corrected chi connectivity index (χ4v) is 3.95. The topological polar surface area (TPSA) is 70.7 Å². The van der Waals surface area contributed by atoms with Gasteiger partial charge < -0.3 is 20.3 Å². The molecule has 0 bridgehead atoms. The minimum Gasteiger partial charge on any atom is -0.382 e. The van der Waals surface area contributed by atoms with Gasteiger partial charge in [0.2, 0.25) is 5.91 Å². The minimum absolute atomic E-state index is 0.0531. The number of hydrogen-bond donors (Lipinski definition) is 2. The largest absolute Gasteiger partial charge is 0.382 e. The Labute approximate surface area is 191 Å². The highest BCUT2D eigenvalue weighted by atomic mass is 16.5. The zero-order valence-electron chi connectivity index (χ0n) is 19.1. The average molecular weight is 438 g/mol. The zero-order valence-corrected chi connectivity index (χ0v) is 19.1. The van der Waals surface area contributed by atoms with Gasteiger partial charge in [-0.05, 0) is 62.8 Å². The number of piperidine rings is 1. The summed E-state index contributed by atoms with van der Waals surface area (Å²) in [6.45, 7) is 5.74. The molecule has 0 unspecified atom stereocenters. The molecule has 1 heterocycles. The van der Waals surface area contributed by atoms with Crippen molar-refractivity contribution in [2.24, 2.45) is 0 Å². The van der Waals surface area contributed by atoms with Crippen molar-refractivity contribution >= 4 is 23.2 Å². The van der Waals surface area contributed by atoms with Crippen molar-refractivity contribution < 1.29 is 14.3 Å². The van der Waals surface area contributed by atoms with Gasteiger partial charge in [-0.1, -0.05) is 30.3 Å². The van der Waals surface area contributed by atoms with Crippen LogP contribution in [0.4, 0.5) is 11.4 Å². The van der Waals surface area contributed by atoms with E-state index in [0.717, 1.165) is 43.6 Å². The zero-order chi connectivity index (χ0) is 22.6. The molecule has 2 amide bonds. The summed E-state index contributed by atoms with van der Waals surface area (Å²) in [4.78, 5) is 27.8. The molecule has 1 fully saturated rings. The van der Waals surface area contributed by atoms with Gasteiger partial charge in [0.25, 0.3) is 5.91 Å². The summed E-state index contributed by atoms with van der Waals surface area (Å²) < 4.78 is 5.35. The third-order valence-corrected chi connectivity index (χ3v) is 5.66. The highest BCUT2D eigenvalue weighted by Gasteiger charge is 2.19. The van der Waals surface area contributed by atoms with Crippen molar-refractivity contribution in [3.05, 3.63) is 59.7 Å². The standard InChI is InChI=1S/C26H35N3O3/c1-2-32-19-9-16-27-26(31)23-20-22(13-14-24(23)29-17-7-4-8-18-29)28-25(30)15-12-21-10-5-3-6-11-21/h3,5-6,10-11,13-14,20H,2,4,7-9,12,15-19H2,1H3,(H,27,31)(H,28,30). The molecule has 172 valence electrons. The minimum atomic E-state index is -0.109. The summed E-state index contributed by atoms with van der Waals surface area (Å²) in [5.74, 6) is -0.162. The van der Waals surface area contributed by atoms with Crippen LogP contribution in [0.15, 0.2) is 48.5 Å². The fraction of sp³-hybridized carbons (Fsp3) is 0.462. The van der Waals surface area contributed by atoms with Gasteiger partial charge in [0.05, 0.1) is 5.56 Å². The number of aryl methyl sites for hydroxylation is 1. The van der Waals surface area contributed by atoms with E-state index < -0.39 is 0 Å². The molecule has 0 radical (unpaired) electrons. The summed E-state index contributed by atoms with van der Waals surface area (Å²) in [6.07, 6.45) is 5.35. The number of rotatable bonds is 11. The van der Waals surface area contributed by atoms with E-state index in [1.54, 1.807) is 0 Å². The van der Waals surface area contributed by atoms with E-state index in [9.17, 15) is 9.59 Å². The molecule has 0 aliphatic carbocycles. The van der Waals surface area contributed by atoms with Crippen LogP contribution < -0.4 is 15.5 Å². The fourth-order valence-electron chi connectivity index (χ4n) is 3.95. The summed E-state index contributed by atoms with van der Waals surface area (Å²) in [7, 11) is 0. The second-order valence-electron chi connectivity index (χ2n) is 8.12. The molecule has 2 aromatic carbocycles. The van der Waals surface area contributed by atoms with Crippen LogP contribution >= 0.6 is 0 Å². The van der Waals surface area contributed by atoms with E-state index >= 15 is 0 Å². The highest BCUT2D eigenvalue weighted by molar-refractivity contribution is 6.02. The van der Waals surface area contributed by atoms with Gasteiger partial charge in [-0.3, -0.25) is 9.59 Å². The number of ether oxygens (including phenoxy) is 1. The third-order valence-electron chi connectivity index (χ3n) is 5.66. The lowest BCUT2D eigenvalue weighted by Gasteiger charge is -2.30. The van der Waals surface area contributed by atoms with E-state index in [0.29, 0.717) is 43.9 Å². The molecule has 2 N–H and O–H groups in total. The number of hydrogen-bond acceptors (Lipinski definition) is 4. The van der Waals surface area contributed by atoms with Crippen LogP contribution in [-0.2, 0) is 16.0 Å². The summed E-state index contributed by atoms with van der Waals surface area (Å²) in [5.41, 5.74) is 3.34. The van der Waals surface area contributed by atoms with Gasteiger partial charge in [-0.15, -0.1) is 0 Å². The van der Waals surface area contributed by atoms with E-state index in [1.807, 2.05) is 55.5 Å². The Kier molecular flexibility index (Phi) is 9.57. The van der Waals surface area contributed by atoms with Crippen molar-refractivity contribution in [2.45, 2.75) is 45.4 Å². The van der Waals surface area contributed by atoms with Crippen LogP contribution in [0, 0.1) is 0 Å². The van der Waals surface area contributed by atoms with Gasteiger partial charge in [0, 0.05) is 50.6 Å². The van der Waals surface area contributed by atoms with E-state index in [2.05, 4.69) is 15.5 Å². The number of amides is 2. The molecule has 6 nitrogen and oxygen atoms in total. The molecule has 0 spiro atoms. The van der Waals surface area contributed by atoms with Gasteiger partial charge in [0.1, 0.15) is 0 Å². The van der Waals surface area contributed by atoms with Gasteiger partial charge in [-0.25, -0.2) is 0 Å². The maximum Gasteiger partial charge on any atom is 0.253 e. The van der Waals surface area contributed by atoms with E-state index in [1.165, 1.54) is 6.42 Å². The summed E-state index contributed by atoms with van der Waals surface area (Å²) >= 11 is 0. The monoisotopic (exact) mass is 437 g/mol. The molecular weight excluding hydrogens is 402 g/mol. The molecule has 0 atom stereocenters. The van der Waals surface area contributed by atoms with Crippen LogP contribution in [0.1, 0.15) is 54.9 Å². The van der Waals surface area contributed by atoms with E-state index in [-0.39, 0.29) is 11.8 Å². The van der Waals surface area contributed by atoms with Crippen molar-refractivity contribution in [2.75, 3.05) is 43.1 Å². The molecule has 1 saturated heterocycles. The maximum atomic E-state index is 13.0. The van der Waals surface area contributed by atoms with Crippen LogP contribution in [0.3, 0.4) is 0 Å². The molecule has 1 aliphatic heterocycles. The first-order valence-corrected chi connectivity index (χ1v) is 11.8. The highest BCUT2D eigenvalue weighted by Crippen LogP contribution is 2.27. The molecule has 1 aliphatic rings. The quantitative estimate of drug-likeness (QED) is 0.511. The van der Waals surface area contributed by atoms with E-state index in [4.69, 9.17) is 4.74 Å². The first-order valence-electron chi connectivity index (χ1n) is 11.8. The molecule has 32 heavy (non-hydrogen) atoms. The second-order valence-corrected chi connectivity index (χ2v) is 8.12. The first-order chi connectivity index (χ1) is 15.7. The number of anilines is 2. The predicted molar refractivity (Wildman–Crippen MR) is 129 cm³/mol. The SMILES string of the molecule is CCOCCCNC(=O)c1cc(NC(=O)CCc2ccccc2)ccc1N1CCCCC1. The Morgan fingerprint density at radius 2 is 1.81 bits per heavy atom. The van der Waals surface area contributed by atoms with Crippen LogP contribution in [0.2, 0.25) is 0 Å². The smallest absolute Gasteiger partial charge is 0.253 e. The lowest BCUT2D eigenvalue weighted by molar-refractivity contribution is -0.116. The van der Waals surface area contributed by atoms with Crippen LogP contribution in [-0.4, -0.2) is 44.7 Å². The Bertz CT molecular complexity index is 864. The van der Waals surface area contributed by atoms with Gasteiger partial charge >= 0.3 is 0 Å².